The van der Waals surface area contributed by atoms with E-state index in [0.29, 0.717) is 18.1 Å². The van der Waals surface area contributed by atoms with Gasteiger partial charge in [0.25, 0.3) is 0 Å². The Morgan fingerprint density at radius 2 is 2.10 bits per heavy atom. The number of rotatable bonds is 5. The Morgan fingerprint density at radius 3 is 2.81 bits per heavy atom. The second-order valence-electron chi connectivity index (χ2n) is 4.21. The van der Waals surface area contributed by atoms with Crippen molar-refractivity contribution in [3.05, 3.63) is 53.5 Å². The van der Waals surface area contributed by atoms with Gasteiger partial charge in [-0.3, -0.25) is 0 Å². The molecule has 110 valence electrons. The third kappa shape index (κ3) is 3.68. The molecule has 2 rings (SSSR count). The molecule has 6 heteroatoms. The largest absolute Gasteiger partial charge is 0.481 e. The third-order valence-electron chi connectivity index (χ3n) is 2.84. The minimum Gasteiger partial charge on any atom is -0.481 e. The highest BCUT2D eigenvalue weighted by Gasteiger charge is 2.13. The molecule has 0 atom stereocenters. The van der Waals surface area contributed by atoms with Crippen LogP contribution in [0.5, 0.6) is 5.88 Å². The van der Waals surface area contributed by atoms with Gasteiger partial charge in [0.05, 0.1) is 32.0 Å². The second-order valence-corrected chi connectivity index (χ2v) is 4.21. The monoisotopic (exact) mass is 290 g/mol. The Kier molecular flexibility index (Phi) is 4.71. The minimum atomic E-state index is -0.601. The molecule has 2 aromatic rings. The highest BCUT2D eigenvalue weighted by Crippen LogP contribution is 2.19. The number of anilines is 1. The molecule has 1 aromatic carbocycles. The van der Waals surface area contributed by atoms with Gasteiger partial charge in [-0.15, -0.1) is 0 Å². The van der Waals surface area contributed by atoms with Crippen molar-refractivity contribution in [1.82, 2.24) is 4.98 Å². The van der Waals surface area contributed by atoms with Crippen molar-refractivity contribution in [2.45, 2.75) is 6.54 Å². The summed E-state index contributed by atoms with van der Waals surface area (Å²) in [6.07, 6.45) is 0. The summed E-state index contributed by atoms with van der Waals surface area (Å²) < 4.78 is 22.9. The first-order chi connectivity index (χ1) is 10.1. The average molecular weight is 290 g/mol. The van der Waals surface area contributed by atoms with Crippen molar-refractivity contribution in [3.8, 4) is 5.88 Å². The molecular formula is C15H15FN2O3. The number of ether oxygens (including phenoxy) is 2. The molecule has 1 N–H and O–H groups in total. The Bertz CT molecular complexity index is 647. The van der Waals surface area contributed by atoms with Crippen LogP contribution in [-0.2, 0) is 11.3 Å². The first-order valence-corrected chi connectivity index (χ1v) is 6.25. The van der Waals surface area contributed by atoms with E-state index in [1.807, 2.05) is 12.1 Å². The molecule has 1 aromatic heterocycles. The smallest absolute Gasteiger partial charge is 0.340 e. The van der Waals surface area contributed by atoms with Crippen LogP contribution < -0.4 is 10.1 Å². The summed E-state index contributed by atoms with van der Waals surface area (Å²) in [6, 6.07) is 9.26. The normalized spacial score (nSPS) is 10.0. The second kappa shape index (κ2) is 6.69. The third-order valence-corrected chi connectivity index (χ3v) is 2.84. The molecule has 0 radical (unpaired) electrons. The molecule has 0 fully saturated rings. The van der Waals surface area contributed by atoms with Crippen LogP contribution in [0.25, 0.3) is 0 Å². The van der Waals surface area contributed by atoms with E-state index in [0.717, 1.165) is 11.8 Å². The lowest BCUT2D eigenvalue weighted by Crippen LogP contribution is -2.09. The fraction of sp³-hybridized carbons (Fsp3) is 0.200. The molecule has 0 bridgehead atoms. The van der Waals surface area contributed by atoms with E-state index in [1.54, 1.807) is 6.07 Å². The molecule has 0 amide bonds. The fourth-order valence-electron chi connectivity index (χ4n) is 1.80. The number of methoxy groups -OCH3 is 2. The van der Waals surface area contributed by atoms with Gasteiger partial charge in [0, 0.05) is 11.8 Å². The van der Waals surface area contributed by atoms with Crippen LogP contribution >= 0.6 is 0 Å². The van der Waals surface area contributed by atoms with E-state index in [-0.39, 0.29) is 5.56 Å². The number of halogens is 1. The number of hydrogen-bond donors (Lipinski definition) is 1. The molecule has 0 aliphatic rings. The summed E-state index contributed by atoms with van der Waals surface area (Å²) in [7, 11) is 2.79. The number of esters is 1. The van der Waals surface area contributed by atoms with Gasteiger partial charge in [-0.2, -0.15) is 0 Å². The van der Waals surface area contributed by atoms with Crippen LogP contribution in [0.3, 0.4) is 0 Å². The average Bonchev–Trinajstić information content (AvgIpc) is 2.53. The van der Waals surface area contributed by atoms with E-state index in [2.05, 4.69) is 15.0 Å². The zero-order valence-electron chi connectivity index (χ0n) is 11.7. The summed E-state index contributed by atoms with van der Waals surface area (Å²) in [5, 5.41) is 3.04. The molecule has 5 nitrogen and oxygen atoms in total. The van der Waals surface area contributed by atoms with E-state index in [4.69, 9.17) is 4.74 Å². The lowest BCUT2D eigenvalue weighted by atomic mass is 10.1. The maximum atomic E-state index is 13.2. The van der Waals surface area contributed by atoms with E-state index >= 15 is 0 Å². The highest BCUT2D eigenvalue weighted by molar-refractivity contribution is 5.95. The maximum absolute atomic E-state index is 13.2. The van der Waals surface area contributed by atoms with Crippen LogP contribution in [0.2, 0.25) is 0 Å². The first-order valence-electron chi connectivity index (χ1n) is 6.25. The van der Waals surface area contributed by atoms with Gasteiger partial charge in [-0.1, -0.05) is 6.07 Å². The van der Waals surface area contributed by atoms with E-state index in [9.17, 15) is 9.18 Å². The summed E-state index contributed by atoms with van der Waals surface area (Å²) >= 11 is 0. The van der Waals surface area contributed by atoms with Crippen molar-refractivity contribution in [1.29, 1.82) is 0 Å². The molecule has 0 aliphatic heterocycles. The van der Waals surface area contributed by atoms with E-state index < -0.39 is 11.8 Å². The summed E-state index contributed by atoms with van der Waals surface area (Å²) in [5.74, 6) is -0.599. The van der Waals surface area contributed by atoms with Gasteiger partial charge in [-0.25, -0.2) is 14.2 Å². The lowest BCUT2D eigenvalue weighted by Gasteiger charge is -2.11. The number of carbonyl (C=O) groups excluding carboxylic acids is 1. The quantitative estimate of drug-likeness (QED) is 0.858. The summed E-state index contributed by atoms with van der Waals surface area (Å²) in [6.45, 7) is 0.368. The van der Waals surface area contributed by atoms with Crippen molar-refractivity contribution in [2.24, 2.45) is 0 Å². The van der Waals surface area contributed by atoms with Crippen LogP contribution in [0.15, 0.2) is 36.4 Å². The van der Waals surface area contributed by atoms with E-state index in [1.165, 1.54) is 26.4 Å². The SMILES string of the molecule is COC(=O)c1cc(F)ccc1NCc1cccc(OC)n1. The molecule has 0 saturated carbocycles. The number of nitrogens with one attached hydrogen (secondary N) is 1. The number of pyridine rings is 1. The predicted molar refractivity (Wildman–Crippen MR) is 75.9 cm³/mol. The van der Waals surface area contributed by atoms with Crippen LogP contribution in [0.4, 0.5) is 10.1 Å². The number of aromatic nitrogens is 1. The number of benzene rings is 1. The Morgan fingerprint density at radius 1 is 1.29 bits per heavy atom. The Hall–Kier alpha value is -2.63. The summed E-state index contributed by atoms with van der Waals surface area (Å²) in [5.41, 5.74) is 1.35. The fourth-order valence-corrected chi connectivity index (χ4v) is 1.80. The van der Waals surface area contributed by atoms with Gasteiger partial charge < -0.3 is 14.8 Å². The van der Waals surface area contributed by atoms with Gasteiger partial charge in [0.2, 0.25) is 5.88 Å². The van der Waals surface area contributed by atoms with Crippen molar-refractivity contribution in [3.63, 3.8) is 0 Å². The highest BCUT2D eigenvalue weighted by atomic mass is 19.1. The van der Waals surface area contributed by atoms with Crippen LogP contribution in [0, 0.1) is 5.82 Å². The Balaban J connectivity index is 2.17. The topological polar surface area (TPSA) is 60.5 Å². The minimum absolute atomic E-state index is 0.139. The molecule has 0 spiro atoms. The lowest BCUT2D eigenvalue weighted by molar-refractivity contribution is 0.0601. The number of nitrogens with zero attached hydrogens (tertiary/aromatic N) is 1. The zero-order chi connectivity index (χ0) is 15.2. The standard InChI is InChI=1S/C15H15FN2O3/c1-20-14-5-3-4-11(18-14)9-17-13-7-6-10(16)8-12(13)15(19)21-2/h3-8,17H,9H2,1-2H3. The predicted octanol–water partition coefficient (Wildman–Crippen LogP) is 2.63. The molecule has 21 heavy (non-hydrogen) atoms. The zero-order valence-corrected chi connectivity index (χ0v) is 11.7. The van der Waals surface area contributed by atoms with Crippen LogP contribution in [-0.4, -0.2) is 25.2 Å². The maximum Gasteiger partial charge on any atom is 0.340 e. The number of carbonyl (C=O) groups is 1. The molecule has 0 aliphatic carbocycles. The van der Waals surface area contributed by atoms with Crippen molar-refractivity contribution in [2.75, 3.05) is 19.5 Å². The number of hydrogen-bond acceptors (Lipinski definition) is 5. The molecular weight excluding hydrogens is 275 g/mol. The van der Waals surface area contributed by atoms with Crippen LogP contribution in [0.1, 0.15) is 16.1 Å². The van der Waals surface area contributed by atoms with Gasteiger partial charge in [0.15, 0.2) is 0 Å². The molecule has 0 unspecified atom stereocenters. The Labute approximate surface area is 121 Å². The van der Waals surface area contributed by atoms with Gasteiger partial charge in [-0.05, 0) is 24.3 Å². The first kappa shape index (κ1) is 14.8. The van der Waals surface area contributed by atoms with Gasteiger partial charge >= 0.3 is 5.97 Å². The van der Waals surface area contributed by atoms with Crippen molar-refractivity contribution >= 4 is 11.7 Å². The van der Waals surface area contributed by atoms with Crippen molar-refractivity contribution < 1.29 is 18.7 Å². The molecule has 0 saturated heterocycles. The summed E-state index contributed by atoms with van der Waals surface area (Å²) in [4.78, 5) is 15.9. The van der Waals surface area contributed by atoms with Gasteiger partial charge in [0.1, 0.15) is 5.82 Å². The molecule has 1 heterocycles.